The van der Waals surface area contributed by atoms with Crippen LogP contribution in [0.1, 0.15) is 45.4 Å². The molecule has 0 aliphatic heterocycles. The molecule has 27 heavy (non-hydrogen) atoms. The average Bonchev–Trinajstić information content (AvgIpc) is 2.63. The van der Waals surface area contributed by atoms with Crippen molar-refractivity contribution in [3.05, 3.63) is 30.3 Å². The molecule has 0 amide bonds. The molecular formula is C19H33O7P. The van der Waals surface area contributed by atoms with E-state index in [2.05, 4.69) is 6.92 Å². The second kappa shape index (κ2) is 15.0. The van der Waals surface area contributed by atoms with Crippen LogP contribution in [0.15, 0.2) is 30.3 Å². The number of phosphoric acid groups is 1. The third kappa shape index (κ3) is 14.7. The van der Waals surface area contributed by atoms with Crippen LogP contribution in [0.25, 0.3) is 0 Å². The molecule has 0 fully saturated rings. The zero-order chi connectivity index (χ0) is 19.8. The molecule has 1 aromatic rings. The molecule has 2 N–H and O–H groups in total. The van der Waals surface area contributed by atoms with Crippen molar-refractivity contribution in [1.29, 1.82) is 0 Å². The Hall–Kier alpha value is -0.950. The van der Waals surface area contributed by atoms with Gasteiger partial charge in [0, 0.05) is 0 Å². The highest BCUT2D eigenvalue weighted by Crippen LogP contribution is 2.38. The van der Waals surface area contributed by atoms with Crippen LogP contribution in [0.5, 0.6) is 5.75 Å². The van der Waals surface area contributed by atoms with Gasteiger partial charge < -0.3 is 24.0 Å². The third-order valence-electron chi connectivity index (χ3n) is 3.83. The smallest absolute Gasteiger partial charge is 0.469 e. The highest BCUT2D eigenvalue weighted by Gasteiger charge is 2.22. The van der Waals surface area contributed by atoms with Gasteiger partial charge in [0.2, 0.25) is 0 Å². The second-order valence-electron chi connectivity index (χ2n) is 6.27. The first-order valence-corrected chi connectivity index (χ1v) is 11.1. The number of phosphoric ester groups is 1. The number of rotatable bonds is 17. The fourth-order valence-electron chi connectivity index (χ4n) is 2.51. The minimum absolute atomic E-state index is 0.142. The van der Waals surface area contributed by atoms with Crippen LogP contribution in [0.4, 0.5) is 0 Å². The molecule has 0 heterocycles. The minimum atomic E-state index is -4.51. The molecule has 7 nitrogen and oxygen atoms in total. The van der Waals surface area contributed by atoms with E-state index >= 15 is 0 Å². The number of hydrogen-bond donors (Lipinski definition) is 2. The number of para-hydroxylation sites is 1. The normalized spacial score (nSPS) is 12.9. The Morgan fingerprint density at radius 1 is 0.926 bits per heavy atom. The lowest BCUT2D eigenvalue weighted by Gasteiger charge is -2.18. The largest absolute Gasteiger partial charge is 0.491 e. The molecular weight excluding hydrogens is 371 g/mol. The van der Waals surface area contributed by atoms with E-state index in [4.69, 9.17) is 28.5 Å². The molecule has 0 aliphatic rings. The van der Waals surface area contributed by atoms with E-state index in [-0.39, 0.29) is 6.61 Å². The van der Waals surface area contributed by atoms with Gasteiger partial charge in [0.25, 0.3) is 0 Å². The van der Waals surface area contributed by atoms with E-state index in [0.29, 0.717) is 32.8 Å². The van der Waals surface area contributed by atoms with Gasteiger partial charge in [-0.1, -0.05) is 57.2 Å². The van der Waals surface area contributed by atoms with Crippen LogP contribution in [0.3, 0.4) is 0 Å². The summed E-state index contributed by atoms with van der Waals surface area (Å²) in [7, 11) is -4.51. The highest BCUT2D eigenvalue weighted by atomic mass is 31.2. The maximum Gasteiger partial charge on any atom is 0.469 e. The topological polar surface area (TPSA) is 94.5 Å². The average molecular weight is 404 g/mol. The van der Waals surface area contributed by atoms with E-state index in [0.717, 1.165) is 31.4 Å². The Morgan fingerprint density at radius 3 is 2.30 bits per heavy atom. The molecule has 8 heteroatoms. The van der Waals surface area contributed by atoms with Crippen molar-refractivity contribution in [2.45, 2.75) is 51.6 Å². The molecule has 0 saturated carbocycles. The zero-order valence-electron chi connectivity index (χ0n) is 16.1. The van der Waals surface area contributed by atoms with Crippen LogP contribution < -0.4 is 4.74 Å². The summed E-state index contributed by atoms with van der Waals surface area (Å²) in [5, 5.41) is 0. The van der Waals surface area contributed by atoms with Gasteiger partial charge in [-0.15, -0.1) is 0 Å². The van der Waals surface area contributed by atoms with Gasteiger partial charge in [0.1, 0.15) is 12.4 Å². The Kier molecular flexibility index (Phi) is 13.4. The molecule has 1 unspecified atom stereocenters. The molecule has 156 valence electrons. The molecule has 0 aliphatic carbocycles. The predicted molar refractivity (Wildman–Crippen MR) is 104 cm³/mol. The highest BCUT2D eigenvalue weighted by molar-refractivity contribution is 7.46. The quantitative estimate of drug-likeness (QED) is 0.300. The van der Waals surface area contributed by atoms with Gasteiger partial charge in [0.15, 0.2) is 0 Å². The zero-order valence-corrected chi connectivity index (χ0v) is 17.0. The van der Waals surface area contributed by atoms with Crippen molar-refractivity contribution in [1.82, 2.24) is 0 Å². The lowest BCUT2D eigenvalue weighted by Crippen LogP contribution is -2.21. The molecule has 0 saturated heterocycles. The van der Waals surface area contributed by atoms with Crippen molar-refractivity contribution < 1.29 is 33.1 Å². The lowest BCUT2D eigenvalue weighted by molar-refractivity contribution is -0.00355. The molecule has 0 spiro atoms. The van der Waals surface area contributed by atoms with Gasteiger partial charge in [-0.05, 0) is 18.6 Å². The van der Waals surface area contributed by atoms with Crippen LogP contribution in [0.2, 0.25) is 0 Å². The van der Waals surface area contributed by atoms with Crippen LogP contribution in [-0.4, -0.2) is 48.9 Å². The maximum absolute atomic E-state index is 11.1. The molecule has 0 bridgehead atoms. The summed E-state index contributed by atoms with van der Waals surface area (Å²) in [5.74, 6) is 0.800. The first-order valence-electron chi connectivity index (χ1n) is 9.58. The molecule has 0 radical (unpaired) electrons. The fourth-order valence-corrected chi connectivity index (χ4v) is 3.06. The Balaban J connectivity index is 2.08. The molecule has 1 atom stereocenters. The van der Waals surface area contributed by atoms with Crippen LogP contribution >= 0.6 is 7.82 Å². The summed E-state index contributed by atoms with van der Waals surface area (Å²) in [6.07, 6.45) is 5.31. The van der Waals surface area contributed by atoms with Gasteiger partial charge in [-0.25, -0.2) is 4.57 Å². The van der Waals surface area contributed by atoms with E-state index in [1.807, 2.05) is 30.3 Å². The van der Waals surface area contributed by atoms with Crippen molar-refractivity contribution in [3.63, 3.8) is 0 Å². The first kappa shape index (κ1) is 24.1. The number of benzene rings is 1. The summed E-state index contributed by atoms with van der Waals surface area (Å²) >= 11 is 0. The van der Waals surface area contributed by atoms with Crippen LogP contribution in [0, 0.1) is 0 Å². The number of ether oxygens (including phenoxy) is 3. The monoisotopic (exact) mass is 404 g/mol. The lowest BCUT2D eigenvalue weighted by atomic mass is 10.1. The first-order chi connectivity index (χ1) is 13.0. The van der Waals surface area contributed by atoms with E-state index < -0.39 is 13.9 Å². The number of hydrogen-bond acceptors (Lipinski definition) is 5. The maximum atomic E-state index is 11.1. The van der Waals surface area contributed by atoms with Crippen molar-refractivity contribution in [2.24, 2.45) is 0 Å². The molecule has 1 rings (SSSR count). The Bertz CT molecular complexity index is 506. The summed E-state index contributed by atoms with van der Waals surface area (Å²) in [4.78, 5) is 18.0. The van der Waals surface area contributed by atoms with Crippen molar-refractivity contribution in [3.8, 4) is 5.75 Å². The second-order valence-corrected chi connectivity index (χ2v) is 7.46. The third-order valence-corrected chi connectivity index (χ3v) is 4.40. The standard InChI is InChI=1S/C19H33O7P/c1-2-3-4-5-7-12-19(26-27(20,21)22)17-24-14-13-23-15-16-25-18-10-8-6-9-11-18/h6,8-11,19H,2-5,7,12-17H2,1H3,(H2,20,21,22). The van der Waals surface area contributed by atoms with Gasteiger partial charge in [0.05, 0.1) is 32.5 Å². The SMILES string of the molecule is CCCCCCCC(COCCOCCOc1ccccc1)OP(=O)(O)O. The summed E-state index contributed by atoms with van der Waals surface area (Å²) < 4.78 is 32.3. The summed E-state index contributed by atoms with van der Waals surface area (Å²) in [6, 6.07) is 9.50. The van der Waals surface area contributed by atoms with Crippen molar-refractivity contribution >= 4 is 7.82 Å². The van der Waals surface area contributed by atoms with Crippen LogP contribution in [-0.2, 0) is 18.6 Å². The molecule has 0 aromatic heterocycles. The van der Waals surface area contributed by atoms with Gasteiger partial charge >= 0.3 is 7.82 Å². The summed E-state index contributed by atoms with van der Waals surface area (Å²) in [6.45, 7) is 3.90. The fraction of sp³-hybridized carbons (Fsp3) is 0.684. The Morgan fingerprint density at radius 2 is 1.59 bits per heavy atom. The van der Waals surface area contributed by atoms with Gasteiger partial charge in [-0.2, -0.15) is 0 Å². The van der Waals surface area contributed by atoms with Crippen molar-refractivity contribution in [2.75, 3.05) is 33.0 Å². The molecule has 1 aromatic carbocycles. The van der Waals surface area contributed by atoms with E-state index in [1.165, 1.54) is 6.42 Å². The minimum Gasteiger partial charge on any atom is -0.491 e. The number of unbranched alkanes of at least 4 members (excludes halogenated alkanes) is 4. The van der Waals surface area contributed by atoms with Gasteiger partial charge in [-0.3, -0.25) is 4.52 Å². The summed E-state index contributed by atoms with van der Waals surface area (Å²) in [5.41, 5.74) is 0. The van der Waals surface area contributed by atoms with E-state index in [9.17, 15) is 4.57 Å². The Labute approximate surface area is 162 Å². The predicted octanol–water partition coefficient (Wildman–Crippen LogP) is 3.94. The van der Waals surface area contributed by atoms with E-state index in [1.54, 1.807) is 0 Å².